The highest BCUT2D eigenvalue weighted by molar-refractivity contribution is 5.72. The summed E-state index contributed by atoms with van der Waals surface area (Å²) in [7, 11) is 0. The Morgan fingerprint density at radius 3 is 2.71 bits per heavy atom. The summed E-state index contributed by atoms with van der Waals surface area (Å²) in [5.74, 6) is 1.32. The van der Waals surface area contributed by atoms with Crippen LogP contribution >= 0.6 is 0 Å². The van der Waals surface area contributed by atoms with Gasteiger partial charge in [0.2, 0.25) is 0 Å². The second-order valence-corrected chi connectivity index (χ2v) is 7.32. The zero-order chi connectivity index (χ0) is 12.3. The van der Waals surface area contributed by atoms with Crippen molar-refractivity contribution in [2.75, 3.05) is 0 Å². The number of hydrogen-bond donors (Lipinski definition) is 0. The molecule has 4 atom stereocenters. The van der Waals surface area contributed by atoms with Crippen molar-refractivity contribution in [3.63, 3.8) is 0 Å². The average Bonchev–Trinajstić information content (AvgIpc) is 2.58. The molecule has 96 valence electrons. The zero-order valence-corrected chi connectivity index (χ0v) is 11.3. The molecule has 0 aromatic carbocycles. The maximum absolute atomic E-state index is 11.6. The average molecular weight is 236 g/mol. The highest BCUT2D eigenvalue weighted by Gasteiger charge is 2.57. The van der Waals surface area contributed by atoms with Gasteiger partial charge in [0.05, 0.1) is 6.42 Å². The Balaban J connectivity index is 1.94. The third kappa shape index (κ3) is 1.56. The summed E-state index contributed by atoms with van der Waals surface area (Å²) in [6.07, 6.45) is 7.21. The summed E-state index contributed by atoms with van der Waals surface area (Å²) in [6, 6.07) is 0. The molecule has 17 heavy (non-hydrogen) atoms. The molecule has 2 saturated carbocycles. The minimum atomic E-state index is 0.0465. The zero-order valence-electron chi connectivity index (χ0n) is 11.3. The Labute approximate surface area is 104 Å². The molecule has 0 aromatic heterocycles. The van der Waals surface area contributed by atoms with Crippen LogP contribution in [0.25, 0.3) is 0 Å². The molecular weight excluding hydrogens is 212 g/mol. The van der Waals surface area contributed by atoms with Gasteiger partial charge in [0.15, 0.2) is 0 Å². The molecule has 2 heteroatoms. The van der Waals surface area contributed by atoms with Gasteiger partial charge in [-0.05, 0) is 42.4 Å². The number of carbonyl (C=O) groups excluding carboxylic acids is 1. The molecule has 0 amide bonds. The molecule has 1 aliphatic heterocycles. The number of hydrogen-bond acceptors (Lipinski definition) is 2. The van der Waals surface area contributed by atoms with Crippen LogP contribution in [0, 0.1) is 22.7 Å². The predicted molar refractivity (Wildman–Crippen MR) is 66.5 cm³/mol. The van der Waals surface area contributed by atoms with Gasteiger partial charge in [0.25, 0.3) is 0 Å². The molecule has 0 aromatic rings. The van der Waals surface area contributed by atoms with E-state index in [1.807, 2.05) is 0 Å². The lowest BCUT2D eigenvalue weighted by molar-refractivity contribution is -0.145. The number of esters is 1. The van der Waals surface area contributed by atoms with E-state index in [9.17, 15) is 4.79 Å². The number of rotatable bonds is 0. The van der Waals surface area contributed by atoms with E-state index in [1.54, 1.807) is 0 Å². The van der Waals surface area contributed by atoms with Crippen molar-refractivity contribution in [1.82, 2.24) is 0 Å². The summed E-state index contributed by atoms with van der Waals surface area (Å²) < 4.78 is 5.51. The summed E-state index contributed by atoms with van der Waals surface area (Å²) >= 11 is 0. The fourth-order valence-corrected chi connectivity index (χ4v) is 5.19. The molecule has 0 radical (unpaired) electrons. The molecule has 0 N–H and O–H groups in total. The molecule has 3 aliphatic rings. The molecule has 1 saturated heterocycles. The second kappa shape index (κ2) is 3.49. The number of ether oxygens (including phenoxy) is 1. The maximum atomic E-state index is 11.6. The minimum Gasteiger partial charge on any atom is -0.462 e. The molecule has 3 rings (SSSR count). The van der Waals surface area contributed by atoms with E-state index < -0.39 is 0 Å². The van der Waals surface area contributed by atoms with Gasteiger partial charge in [0.1, 0.15) is 6.10 Å². The van der Waals surface area contributed by atoms with Gasteiger partial charge in [-0.25, -0.2) is 0 Å². The Morgan fingerprint density at radius 2 is 1.94 bits per heavy atom. The molecule has 1 heterocycles. The Hall–Kier alpha value is -0.530. The van der Waals surface area contributed by atoms with Crippen LogP contribution in [0.4, 0.5) is 0 Å². The molecule has 2 nitrogen and oxygen atoms in total. The quantitative estimate of drug-likeness (QED) is 0.601. The molecular formula is C15H24O2. The molecule has 3 unspecified atom stereocenters. The van der Waals surface area contributed by atoms with E-state index in [0.717, 1.165) is 12.3 Å². The van der Waals surface area contributed by atoms with Crippen molar-refractivity contribution < 1.29 is 9.53 Å². The standard InChI is InChI=1S/C15H24O2/c1-14(2)7-4-8-15(3)10-9-13(16)17-11(10)5-6-12(14)15/h10-12H,4-9H2,1-3H3/t10?,11?,12?,15-/m1/s1. The van der Waals surface area contributed by atoms with Gasteiger partial charge < -0.3 is 4.74 Å². The van der Waals surface area contributed by atoms with Crippen molar-refractivity contribution in [3.05, 3.63) is 0 Å². The highest BCUT2D eigenvalue weighted by atomic mass is 16.5. The van der Waals surface area contributed by atoms with Crippen molar-refractivity contribution in [2.24, 2.45) is 22.7 Å². The van der Waals surface area contributed by atoms with Crippen molar-refractivity contribution >= 4 is 5.97 Å². The maximum Gasteiger partial charge on any atom is 0.306 e. The number of fused-ring (bicyclic) bond motifs is 3. The lowest BCUT2D eigenvalue weighted by Crippen LogP contribution is -2.51. The highest BCUT2D eigenvalue weighted by Crippen LogP contribution is 2.62. The van der Waals surface area contributed by atoms with Crippen LogP contribution in [-0.2, 0) is 9.53 Å². The van der Waals surface area contributed by atoms with Gasteiger partial charge in [-0.15, -0.1) is 0 Å². The fraction of sp³-hybridized carbons (Fsp3) is 0.933. The topological polar surface area (TPSA) is 26.3 Å². The van der Waals surface area contributed by atoms with Gasteiger partial charge in [-0.3, -0.25) is 4.79 Å². The first-order valence-corrected chi connectivity index (χ1v) is 7.13. The van der Waals surface area contributed by atoms with E-state index in [1.165, 1.54) is 25.7 Å². The Bertz CT molecular complexity index is 347. The van der Waals surface area contributed by atoms with Crippen LogP contribution in [0.5, 0.6) is 0 Å². The van der Waals surface area contributed by atoms with Crippen LogP contribution in [0.15, 0.2) is 0 Å². The summed E-state index contributed by atoms with van der Waals surface area (Å²) in [5.41, 5.74) is 0.792. The van der Waals surface area contributed by atoms with Crippen LogP contribution in [0.2, 0.25) is 0 Å². The van der Waals surface area contributed by atoms with Crippen LogP contribution in [0.3, 0.4) is 0 Å². The van der Waals surface area contributed by atoms with Crippen molar-refractivity contribution in [2.45, 2.75) is 65.4 Å². The summed E-state index contributed by atoms with van der Waals surface area (Å²) in [5, 5.41) is 0. The van der Waals surface area contributed by atoms with Gasteiger partial charge >= 0.3 is 5.97 Å². The monoisotopic (exact) mass is 236 g/mol. The lowest BCUT2D eigenvalue weighted by Gasteiger charge is -2.57. The molecule has 3 fully saturated rings. The van der Waals surface area contributed by atoms with Crippen LogP contribution < -0.4 is 0 Å². The van der Waals surface area contributed by atoms with Gasteiger partial charge in [-0.1, -0.05) is 27.2 Å². The van der Waals surface area contributed by atoms with Gasteiger partial charge in [-0.2, -0.15) is 0 Å². The lowest BCUT2D eigenvalue weighted by atomic mass is 9.48. The smallest absolute Gasteiger partial charge is 0.306 e. The van der Waals surface area contributed by atoms with Crippen molar-refractivity contribution in [1.29, 1.82) is 0 Å². The first-order chi connectivity index (χ1) is 7.93. The summed E-state index contributed by atoms with van der Waals surface area (Å²) in [4.78, 5) is 11.6. The fourth-order valence-electron chi connectivity index (χ4n) is 5.19. The Kier molecular flexibility index (Phi) is 2.37. The largest absolute Gasteiger partial charge is 0.462 e. The third-order valence-corrected chi connectivity index (χ3v) is 5.98. The van der Waals surface area contributed by atoms with E-state index in [2.05, 4.69) is 20.8 Å². The van der Waals surface area contributed by atoms with Gasteiger partial charge in [0, 0.05) is 5.92 Å². The van der Waals surface area contributed by atoms with E-state index in [-0.39, 0.29) is 12.1 Å². The predicted octanol–water partition coefficient (Wildman–Crippen LogP) is 3.54. The SMILES string of the molecule is CC1(C)CCC[C@]2(C)C3CC(=O)OC3CCC12. The molecule has 0 bridgehead atoms. The number of carbonyl (C=O) groups is 1. The summed E-state index contributed by atoms with van der Waals surface area (Å²) in [6.45, 7) is 7.28. The molecule has 0 spiro atoms. The van der Waals surface area contributed by atoms with E-state index in [4.69, 9.17) is 4.74 Å². The minimum absolute atomic E-state index is 0.0465. The first kappa shape index (κ1) is 11.6. The molecule has 2 aliphatic carbocycles. The second-order valence-electron chi connectivity index (χ2n) is 7.32. The Morgan fingerprint density at radius 1 is 1.18 bits per heavy atom. The third-order valence-electron chi connectivity index (χ3n) is 5.98. The van der Waals surface area contributed by atoms with E-state index in [0.29, 0.717) is 23.2 Å². The van der Waals surface area contributed by atoms with Crippen LogP contribution in [-0.4, -0.2) is 12.1 Å². The van der Waals surface area contributed by atoms with E-state index >= 15 is 0 Å². The first-order valence-electron chi connectivity index (χ1n) is 7.13. The van der Waals surface area contributed by atoms with Crippen LogP contribution in [0.1, 0.15) is 59.3 Å². The normalized spacial score (nSPS) is 48.2. The van der Waals surface area contributed by atoms with Crippen molar-refractivity contribution in [3.8, 4) is 0 Å².